The van der Waals surface area contributed by atoms with Gasteiger partial charge in [0, 0.05) is 34.8 Å². The van der Waals surface area contributed by atoms with Crippen LogP contribution in [-0.2, 0) is 152 Å². The molecule has 0 radical (unpaired) electrons. The number of carbonyl (C=O) groups is 6. The molecule has 37 nitrogen and oxygen atoms in total. The van der Waals surface area contributed by atoms with Crippen LogP contribution in [0.5, 0.6) is 0 Å². The topological polar surface area (TPSA) is 543 Å². The van der Waals surface area contributed by atoms with Gasteiger partial charge in [-0.25, -0.2) is 29.4 Å². The Kier molecular flexibility index (Phi) is 32.8. The van der Waals surface area contributed by atoms with E-state index < -0.39 is 200 Å². The first-order valence-electron chi connectivity index (χ1n) is 36.9. The fourth-order valence-corrected chi connectivity index (χ4v) is 23.6. The largest absolute Gasteiger partial charge is 0.861 e. The van der Waals surface area contributed by atoms with Crippen LogP contribution >= 0.6 is 0 Å². The van der Waals surface area contributed by atoms with Crippen LogP contribution < -0.4 is 15.3 Å². The molecular formula is C63H82F12N5O32S7-5. The quantitative estimate of drug-likeness (QED) is 0.0300. The molecule has 0 aromatic heterocycles. The van der Waals surface area contributed by atoms with Gasteiger partial charge < -0.3 is 52.0 Å². The third-order valence-corrected chi connectivity index (χ3v) is 28.8. The molecule has 12 aliphatic carbocycles. The van der Waals surface area contributed by atoms with Crippen LogP contribution in [0.3, 0.4) is 0 Å². The minimum Gasteiger partial charge on any atom is -0.861 e. The van der Waals surface area contributed by atoms with E-state index in [0.717, 1.165) is 103 Å². The Hall–Kier alpha value is -5.84. The average molecular weight is 1870 g/mol. The zero-order chi connectivity index (χ0) is 88.7. The number of hydrogen-bond acceptors (Lipinski definition) is 32. The molecule has 15 aliphatic rings. The molecule has 0 aromatic carbocycles. The first kappa shape index (κ1) is 98.6. The van der Waals surface area contributed by atoms with Crippen molar-refractivity contribution in [2.24, 2.45) is 90.1 Å². The Labute approximate surface area is 679 Å². The second-order valence-electron chi connectivity index (χ2n) is 30.4. The standard InChI is InChI=1S/C18H27F3NO8S2.C12H16F3NO4S.C11H15F3NO4S2.C10H10F3NO6S.C6H9NO6S.C6H8O4/c1-2-17(9-5-6-10-17)30-16(24)14-8-4-3-7-13(14)15(23)28-11-12-29-32(26,27)22-31(25)18(19,20)21;13-12(14,15)11(17)16-21(18,19)20-10-8-2-6-1-7(4-8)5-9(10)3-6;12-11(13,14)20(16)15-21(17,18)19-10-8-2-6-1-7(4-8)5-9(10)3-6;11-10(12,13)9(16)14-21(17,18)20-6-3-1-4-5(2-3)8(15)19-7(4)6;1-4(8)7-14(10,11)13-5-2-6(9)12-3-5;1-4(7)10-5-2-6(8)9-3-5/h13-14H,2-12H2,1H3;6-10H,1-5H2,(H,16,17);6-10H,1-5H2;3-7H,1-2H2,(H,14,16);5H,2-3H2,1H3,(H,7,8);5H,2-3H2,1H3/q-1;;-1;;;/p-3. The van der Waals surface area contributed by atoms with Crippen molar-refractivity contribution < 1.29 is 197 Å². The molecule has 56 heteroatoms. The van der Waals surface area contributed by atoms with Crippen LogP contribution in [-0.4, -0.2) is 196 Å². The Morgan fingerprint density at radius 3 is 1.34 bits per heavy atom. The number of rotatable bonds is 24. The summed E-state index contributed by atoms with van der Waals surface area (Å²) in [5, 5.41) is 31.6. The lowest BCUT2D eigenvalue weighted by Gasteiger charge is -2.53. The molecule has 15 fully saturated rings. The summed E-state index contributed by atoms with van der Waals surface area (Å²) in [4.78, 5) is 68.1. The van der Waals surface area contributed by atoms with Crippen LogP contribution in [0.4, 0.5) is 52.7 Å². The van der Waals surface area contributed by atoms with Crippen molar-refractivity contribution in [1.29, 1.82) is 0 Å². The first-order chi connectivity index (χ1) is 54.8. The van der Waals surface area contributed by atoms with Crippen LogP contribution in [0, 0.1) is 76.9 Å². The lowest BCUT2D eigenvalue weighted by molar-refractivity contribution is -0.262. The molecule has 3 heterocycles. The highest BCUT2D eigenvalue weighted by molar-refractivity contribution is 8.08. The molecule has 0 N–H and O–H groups in total. The number of cyclic esters (lactones) is 2. The maximum absolute atomic E-state index is 12.8. The summed E-state index contributed by atoms with van der Waals surface area (Å²) < 4.78 is 344. The lowest BCUT2D eigenvalue weighted by atomic mass is 9.55. The van der Waals surface area contributed by atoms with E-state index >= 15 is 0 Å². The van der Waals surface area contributed by atoms with Gasteiger partial charge in [0.05, 0.1) is 61.2 Å². The van der Waals surface area contributed by atoms with Gasteiger partial charge >= 0.3 is 90.1 Å². The zero-order valence-corrected chi connectivity index (χ0v) is 68.5. The van der Waals surface area contributed by atoms with Crippen molar-refractivity contribution in [2.45, 2.75) is 234 Å². The van der Waals surface area contributed by atoms with Gasteiger partial charge in [-0.3, -0.25) is 45.6 Å². The Bertz CT molecular complexity index is 4360. The minimum atomic E-state index is -5.39. The lowest BCUT2D eigenvalue weighted by Crippen LogP contribution is -2.50. The Morgan fingerprint density at radius 2 is 0.933 bits per heavy atom. The molecule has 12 saturated carbocycles. The minimum absolute atomic E-state index is 0.0483. The third-order valence-electron chi connectivity index (χ3n) is 21.9. The number of carbonyl (C=O) groups excluding carboxylic acids is 6. The van der Waals surface area contributed by atoms with E-state index in [0.29, 0.717) is 62.2 Å². The van der Waals surface area contributed by atoms with Crippen molar-refractivity contribution >= 4 is 127 Å². The van der Waals surface area contributed by atoms with Crippen LogP contribution in [0.2, 0.25) is 0 Å². The molecule has 11 unspecified atom stereocenters. The average Bonchev–Trinajstić information content (AvgIpc) is 1.60. The van der Waals surface area contributed by atoms with E-state index in [-0.39, 0.29) is 85.5 Å². The van der Waals surface area contributed by atoms with Crippen molar-refractivity contribution in [3.63, 3.8) is 0 Å². The molecule has 3 saturated heterocycles. The van der Waals surface area contributed by atoms with Gasteiger partial charge in [0.15, 0.2) is 10.3 Å². The van der Waals surface area contributed by atoms with Gasteiger partial charge in [-0.2, -0.15) is 91.1 Å². The van der Waals surface area contributed by atoms with Crippen molar-refractivity contribution in [1.82, 2.24) is 0 Å². The molecule has 15 rings (SSSR count). The Morgan fingerprint density at radius 1 is 0.521 bits per heavy atom. The van der Waals surface area contributed by atoms with E-state index in [4.69, 9.17) is 27.3 Å². The maximum atomic E-state index is 12.8. The second-order valence-corrected chi connectivity index (χ2v) is 39.3. The van der Waals surface area contributed by atoms with Gasteiger partial charge in [-0.05, 0) is 188 Å². The molecular weight excluding hydrogens is 1790 g/mol. The molecule has 119 heavy (non-hydrogen) atoms. The number of halogens is 12. The molecule has 0 aromatic rings. The van der Waals surface area contributed by atoms with Crippen molar-refractivity contribution in [3.8, 4) is 0 Å². The number of alkyl halides is 12. The highest BCUT2D eigenvalue weighted by Gasteiger charge is 2.64. The summed E-state index contributed by atoms with van der Waals surface area (Å²) in [6.07, 6.45) is 1.54. The van der Waals surface area contributed by atoms with E-state index in [2.05, 4.69) is 43.5 Å². The van der Waals surface area contributed by atoms with Crippen molar-refractivity contribution in [3.05, 3.63) is 8.25 Å². The number of ether oxygens (including phenoxy) is 6. The van der Waals surface area contributed by atoms with Gasteiger partial charge in [-0.15, -0.1) is 0 Å². The van der Waals surface area contributed by atoms with Crippen LogP contribution in [0.1, 0.15) is 168 Å². The van der Waals surface area contributed by atoms with E-state index in [1.165, 1.54) is 6.92 Å². The second kappa shape index (κ2) is 39.6. The Balaban J connectivity index is 0.000000183. The third kappa shape index (κ3) is 28.9. The number of nitrogens with zero attached hydrogens (tertiary/aromatic N) is 5. The predicted octanol–water partition coefficient (Wildman–Crippen LogP) is 5.17. The molecule has 3 aliphatic heterocycles. The molecule has 10 bridgehead atoms. The summed E-state index contributed by atoms with van der Waals surface area (Å²) in [6.45, 7) is 2.91. The van der Waals surface area contributed by atoms with Crippen molar-refractivity contribution in [2.75, 3.05) is 26.4 Å². The molecule has 682 valence electrons. The normalized spacial score (nSPS) is 32.4. The van der Waals surface area contributed by atoms with E-state index in [1.54, 1.807) is 0 Å². The van der Waals surface area contributed by atoms with E-state index in [1.807, 2.05) is 6.92 Å². The summed E-state index contributed by atoms with van der Waals surface area (Å²) in [5.41, 5.74) is -11.0. The van der Waals surface area contributed by atoms with Gasteiger partial charge in [0.1, 0.15) is 49.8 Å². The number of fused-ring (bicyclic) bond motifs is 1. The molecule has 0 spiro atoms. The summed E-state index contributed by atoms with van der Waals surface area (Å²) in [5.74, 6) is -8.80. The van der Waals surface area contributed by atoms with Gasteiger partial charge in [0.25, 0.3) is 0 Å². The molecule has 11 atom stereocenters. The fourth-order valence-electron chi connectivity index (χ4n) is 17.8. The maximum Gasteiger partial charge on any atom is 0.453 e. The number of esters is 6. The highest BCUT2D eigenvalue weighted by atomic mass is 32.3. The number of hydrogen-bond donors (Lipinski definition) is 0. The van der Waals surface area contributed by atoms with E-state index in [9.17, 15) is 147 Å². The summed E-state index contributed by atoms with van der Waals surface area (Å²) >= 11 is 0. The highest BCUT2D eigenvalue weighted by Crippen LogP contribution is 2.58. The smallest absolute Gasteiger partial charge is 0.453 e. The summed E-state index contributed by atoms with van der Waals surface area (Å²) in [6, 6.07) is 0. The van der Waals surface area contributed by atoms with Crippen LogP contribution in [0.25, 0.3) is 8.25 Å². The summed E-state index contributed by atoms with van der Waals surface area (Å²) in [7, 11) is -31.8. The molecule has 0 amide bonds. The first-order valence-corrected chi connectivity index (χ1v) is 45.9. The predicted molar refractivity (Wildman–Crippen MR) is 370 cm³/mol. The monoisotopic (exact) mass is 1870 g/mol. The fraction of sp³-hybridized carbons (Fsp3) is 0.857. The van der Waals surface area contributed by atoms with Crippen LogP contribution in [0.15, 0.2) is 13.2 Å². The zero-order valence-electron chi connectivity index (χ0n) is 62.8. The SMILES string of the molecule is CC(=O)OC1COC(=O)C1.CC([O-])=NS(=O)(=O)OC1COC(=O)C1.CCC1(OC(=O)C2CCCCC2C(=O)OCCOS(=O)(=O)[N-]S(=O)C(F)(F)F)CCCC1.O=C1OC2C3CC(CC13)C2OS(=O)(=O)N=C([O-])C(F)(F)F.O=S(=O)(N=C([O-])C(F)(F)F)OC1C2CC3CC(C2)CC1C3.O=S([N-]S(=O)(=O)OC1C2CC3CC(C2)CC1C3)C(F)(F)F. The van der Waals surface area contributed by atoms with Gasteiger partial charge in [-0.1, -0.05) is 19.8 Å². The van der Waals surface area contributed by atoms with Gasteiger partial charge in [0.2, 0.25) is 10.3 Å².